The van der Waals surface area contributed by atoms with Gasteiger partial charge in [0.25, 0.3) is 0 Å². The molecule has 0 unspecified atom stereocenters. The van der Waals surface area contributed by atoms with E-state index in [0.717, 1.165) is 16.9 Å². The van der Waals surface area contributed by atoms with Gasteiger partial charge in [-0.15, -0.1) is 0 Å². The lowest BCUT2D eigenvalue weighted by atomic mass is 10.2. The number of hydrogen-bond donors (Lipinski definition) is 0. The van der Waals surface area contributed by atoms with Gasteiger partial charge in [-0.05, 0) is 47.5 Å². The summed E-state index contributed by atoms with van der Waals surface area (Å²) in [5.74, 6) is 0.364. The maximum Gasteiger partial charge on any atom is 0.363 e. The summed E-state index contributed by atoms with van der Waals surface area (Å²) in [6.07, 6.45) is 1.65. The van der Waals surface area contributed by atoms with Gasteiger partial charge in [-0.3, -0.25) is 0 Å². The summed E-state index contributed by atoms with van der Waals surface area (Å²) in [4.78, 5) is 16.4. The molecule has 0 fully saturated rings. The highest BCUT2D eigenvalue weighted by Gasteiger charge is 2.25. The van der Waals surface area contributed by atoms with Crippen LogP contribution < -0.4 is 4.74 Å². The van der Waals surface area contributed by atoms with E-state index in [1.165, 1.54) is 0 Å². The van der Waals surface area contributed by atoms with Crippen molar-refractivity contribution >= 4 is 41.1 Å². The van der Waals surface area contributed by atoms with Crippen LogP contribution in [0.3, 0.4) is 0 Å². The first-order valence-electron chi connectivity index (χ1n) is 8.83. The molecule has 0 aliphatic carbocycles. The molecule has 3 aromatic rings. The molecule has 0 aromatic heterocycles. The highest BCUT2D eigenvalue weighted by atomic mass is 35.5. The number of cyclic esters (lactones) is 1. The molecule has 0 N–H and O–H groups in total. The summed E-state index contributed by atoms with van der Waals surface area (Å²) in [5, 5.41) is 0.860. The van der Waals surface area contributed by atoms with Gasteiger partial charge in [0.1, 0.15) is 12.4 Å². The number of benzene rings is 3. The standard InChI is InChI=1S/C23H15Cl2NO3/c24-17-8-11-19(20(25)13-17)22-26-21(23(27)29-22)12-15-6-9-18(10-7-15)28-14-16-4-2-1-3-5-16/h1-13H,14H2. The molecule has 4 rings (SSSR count). The minimum atomic E-state index is -0.532. The average molecular weight is 424 g/mol. The number of carbonyl (C=O) groups is 1. The van der Waals surface area contributed by atoms with Gasteiger partial charge < -0.3 is 9.47 Å². The van der Waals surface area contributed by atoms with E-state index in [4.69, 9.17) is 32.7 Å². The van der Waals surface area contributed by atoms with Crippen LogP contribution in [0.25, 0.3) is 6.08 Å². The molecule has 0 saturated heterocycles. The van der Waals surface area contributed by atoms with Crippen molar-refractivity contribution in [2.24, 2.45) is 4.99 Å². The first-order chi connectivity index (χ1) is 14.1. The van der Waals surface area contributed by atoms with Crippen molar-refractivity contribution in [2.75, 3.05) is 0 Å². The summed E-state index contributed by atoms with van der Waals surface area (Å²) >= 11 is 12.1. The van der Waals surface area contributed by atoms with Crippen molar-refractivity contribution in [3.8, 4) is 5.75 Å². The Labute approximate surface area is 178 Å². The lowest BCUT2D eigenvalue weighted by Crippen LogP contribution is -2.05. The molecule has 29 heavy (non-hydrogen) atoms. The molecule has 0 atom stereocenters. The fourth-order valence-electron chi connectivity index (χ4n) is 2.75. The van der Waals surface area contributed by atoms with Crippen LogP contribution in [-0.4, -0.2) is 11.9 Å². The Balaban J connectivity index is 1.48. The van der Waals surface area contributed by atoms with Crippen LogP contribution in [0.15, 0.2) is 83.5 Å². The van der Waals surface area contributed by atoms with Crippen LogP contribution in [0, 0.1) is 0 Å². The predicted octanol–water partition coefficient (Wildman–Crippen LogP) is 5.92. The van der Waals surface area contributed by atoms with Gasteiger partial charge in [-0.2, -0.15) is 0 Å². The maximum atomic E-state index is 12.2. The van der Waals surface area contributed by atoms with E-state index in [1.807, 2.05) is 54.6 Å². The van der Waals surface area contributed by atoms with E-state index in [-0.39, 0.29) is 11.6 Å². The Bertz CT molecular complexity index is 1110. The molecule has 3 aromatic carbocycles. The smallest absolute Gasteiger partial charge is 0.363 e. The fourth-order valence-corrected chi connectivity index (χ4v) is 3.24. The second-order valence-corrected chi connectivity index (χ2v) is 7.15. The van der Waals surface area contributed by atoms with E-state index in [2.05, 4.69) is 4.99 Å². The summed E-state index contributed by atoms with van der Waals surface area (Å²) < 4.78 is 11.0. The van der Waals surface area contributed by atoms with Gasteiger partial charge in [0.15, 0.2) is 5.70 Å². The minimum Gasteiger partial charge on any atom is -0.489 e. The number of esters is 1. The number of carbonyl (C=O) groups excluding carboxylic acids is 1. The SMILES string of the molecule is O=C1OC(c2ccc(Cl)cc2Cl)=NC1=Cc1ccc(OCc2ccccc2)cc1. The van der Waals surface area contributed by atoms with E-state index in [0.29, 0.717) is 22.2 Å². The Kier molecular flexibility index (Phi) is 5.65. The van der Waals surface area contributed by atoms with Gasteiger partial charge in [0, 0.05) is 5.02 Å². The molecule has 1 heterocycles. The zero-order valence-electron chi connectivity index (χ0n) is 15.1. The van der Waals surface area contributed by atoms with Crippen LogP contribution >= 0.6 is 23.2 Å². The molecule has 144 valence electrons. The molecule has 6 heteroatoms. The third-order valence-corrected chi connectivity index (χ3v) is 4.76. The quantitative estimate of drug-likeness (QED) is 0.378. The Hall–Kier alpha value is -3.08. The minimum absolute atomic E-state index is 0.158. The van der Waals surface area contributed by atoms with Gasteiger partial charge >= 0.3 is 5.97 Å². The van der Waals surface area contributed by atoms with Crippen molar-refractivity contribution in [3.63, 3.8) is 0 Å². The van der Waals surface area contributed by atoms with Crippen LogP contribution in [0.1, 0.15) is 16.7 Å². The number of hydrogen-bond acceptors (Lipinski definition) is 4. The van der Waals surface area contributed by atoms with Gasteiger partial charge in [-0.1, -0.05) is 65.7 Å². The van der Waals surface area contributed by atoms with Crippen LogP contribution in [0.4, 0.5) is 0 Å². The van der Waals surface area contributed by atoms with Gasteiger partial charge in [-0.25, -0.2) is 9.79 Å². The first-order valence-corrected chi connectivity index (χ1v) is 9.59. The molecular formula is C23H15Cl2NO3. The van der Waals surface area contributed by atoms with E-state index in [9.17, 15) is 4.79 Å². The number of halogens is 2. The summed E-state index contributed by atoms with van der Waals surface area (Å²) in [6, 6.07) is 22.2. The average Bonchev–Trinajstić information content (AvgIpc) is 3.08. The molecule has 0 saturated carbocycles. The second kappa shape index (κ2) is 8.52. The van der Waals surface area contributed by atoms with E-state index >= 15 is 0 Å². The van der Waals surface area contributed by atoms with Gasteiger partial charge in [0.05, 0.1) is 10.6 Å². The van der Waals surface area contributed by atoms with Crippen molar-refractivity contribution in [1.82, 2.24) is 0 Å². The highest BCUT2D eigenvalue weighted by molar-refractivity contribution is 6.37. The summed E-state index contributed by atoms with van der Waals surface area (Å²) in [5.41, 5.74) is 2.60. The Morgan fingerprint density at radius 2 is 1.72 bits per heavy atom. The third kappa shape index (κ3) is 4.67. The zero-order valence-corrected chi connectivity index (χ0v) is 16.7. The summed E-state index contributed by atoms with van der Waals surface area (Å²) in [7, 11) is 0. The monoisotopic (exact) mass is 423 g/mol. The topological polar surface area (TPSA) is 47.9 Å². The Morgan fingerprint density at radius 1 is 0.966 bits per heavy atom. The van der Waals surface area contributed by atoms with Crippen molar-refractivity contribution in [2.45, 2.75) is 6.61 Å². The predicted molar refractivity (Wildman–Crippen MR) is 114 cm³/mol. The number of nitrogens with zero attached hydrogens (tertiary/aromatic N) is 1. The number of aliphatic imine (C=N–C) groups is 1. The first kappa shape index (κ1) is 19.2. The lowest BCUT2D eigenvalue weighted by molar-refractivity contribution is -0.129. The fraction of sp³-hybridized carbons (Fsp3) is 0.0435. The number of rotatable bonds is 5. The van der Waals surface area contributed by atoms with E-state index < -0.39 is 5.97 Å². The zero-order chi connectivity index (χ0) is 20.2. The van der Waals surface area contributed by atoms with Crippen molar-refractivity contribution in [1.29, 1.82) is 0 Å². The Morgan fingerprint density at radius 3 is 2.45 bits per heavy atom. The normalized spacial score (nSPS) is 14.6. The number of ether oxygens (including phenoxy) is 2. The largest absolute Gasteiger partial charge is 0.489 e. The highest BCUT2D eigenvalue weighted by Crippen LogP contribution is 2.26. The molecule has 4 nitrogen and oxygen atoms in total. The van der Waals surface area contributed by atoms with Crippen LogP contribution in [0.2, 0.25) is 10.0 Å². The summed E-state index contributed by atoms with van der Waals surface area (Å²) in [6.45, 7) is 0.489. The van der Waals surface area contributed by atoms with Gasteiger partial charge in [0.2, 0.25) is 5.90 Å². The van der Waals surface area contributed by atoms with Crippen LogP contribution in [0.5, 0.6) is 5.75 Å². The molecule has 0 radical (unpaired) electrons. The van der Waals surface area contributed by atoms with E-state index in [1.54, 1.807) is 24.3 Å². The second-order valence-electron chi connectivity index (χ2n) is 6.30. The van der Waals surface area contributed by atoms with Crippen LogP contribution in [-0.2, 0) is 16.1 Å². The maximum absolute atomic E-state index is 12.2. The van der Waals surface area contributed by atoms with Crippen molar-refractivity contribution < 1.29 is 14.3 Å². The molecule has 1 aliphatic rings. The molecule has 0 amide bonds. The molecule has 1 aliphatic heterocycles. The van der Waals surface area contributed by atoms with Crippen molar-refractivity contribution in [3.05, 3.63) is 105 Å². The molecular weight excluding hydrogens is 409 g/mol. The molecule has 0 bridgehead atoms. The lowest BCUT2D eigenvalue weighted by Gasteiger charge is -2.06. The molecule has 0 spiro atoms. The third-order valence-electron chi connectivity index (χ3n) is 4.21.